The Bertz CT molecular complexity index is 266. The van der Waals surface area contributed by atoms with E-state index in [2.05, 4.69) is 4.98 Å². The molecule has 1 saturated carbocycles. The molecule has 0 N–H and O–H groups in total. The van der Waals surface area contributed by atoms with E-state index >= 15 is 0 Å². The molecule has 0 aromatic carbocycles. The monoisotopic (exact) mass is 199 g/mol. The van der Waals surface area contributed by atoms with Crippen molar-refractivity contribution >= 4 is 11.6 Å². The van der Waals surface area contributed by atoms with Crippen molar-refractivity contribution in [2.45, 2.75) is 43.9 Å². The van der Waals surface area contributed by atoms with Crippen LogP contribution in [0.1, 0.15) is 49.7 Å². The van der Waals surface area contributed by atoms with Gasteiger partial charge in [-0.3, -0.25) is 0 Å². The van der Waals surface area contributed by atoms with E-state index in [1.54, 1.807) is 6.20 Å². The largest absolute Gasteiger partial charge is 0.444 e. The molecule has 2 nitrogen and oxygen atoms in total. The van der Waals surface area contributed by atoms with Crippen LogP contribution in [-0.2, 0) is 5.88 Å². The molecule has 0 amide bonds. The van der Waals surface area contributed by atoms with E-state index in [9.17, 15) is 0 Å². The number of halogens is 1. The van der Waals surface area contributed by atoms with E-state index in [1.807, 2.05) is 0 Å². The fourth-order valence-electron chi connectivity index (χ4n) is 1.92. The quantitative estimate of drug-likeness (QED) is 0.682. The van der Waals surface area contributed by atoms with Gasteiger partial charge in [-0.25, -0.2) is 4.98 Å². The van der Waals surface area contributed by atoms with E-state index in [1.165, 1.54) is 32.1 Å². The van der Waals surface area contributed by atoms with Gasteiger partial charge >= 0.3 is 0 Å². The zero-order valence-electron chi connectivity index (χ0n) is 7.63. The van der Waals surface area contributed by atoms with Gasteiger partial charge in [0.25, 0.3) is 0 Å². The van der Waals surface area contributed by atoms with Crippen LogP contribution in [0.3, 0.4) is 0 Å². The molecule has 1 aromatic heterocycles. The molecule has 1 aliphatic carbocycles. The molecular formula is C10H14ClNO. The lowest BCUT2D eigenvalue weighted by Gasteiger charge is -2.17. The van der Waals surface area contributed by atoms with E-state index in [0.29, 0.717) is 11.8 Å². The molecule has 1 aromatic rings. The summed E-state index contributed by atoms with van der Waals surface area (Å²) in [5.74, 6) is 2.67. The van der Waals surface area contributed by atoms with Crippen LogP contribution in [0.5, 0.6) is 0 Å². The summed E-state index contributed by atoms with van der Waals surface area (Å²) in [4.78, 5) is 4.26. The second-order valence-electron chi connectivity index (χ2n) is 3.63. The second-order valence-corrected chi connectivity index (χ2v) is 3.90. The van der Waals surface area contributed by atoms with E-state index in [4.69, 9.17) is 16.0 Å². The van der Waals surface area contributed by atoms with Crippen LogP contribution in [0.2, 0.25) is 0 Å². The van der Waals surface area contributed by atoms with Crippen LogP contribution in [0.15, 0.2) is 10.6 Å². The lowest BCUT2D eigenvalue weighted by Crippen LogP contribution is -2.04. The van der Waals surface area contributed by atoms with Gasteiger partial charge in [0.2, 0.25) is 0 Å². The van der Waals surface area contributed by atoms with Gasteiger partial charge in [-0.1, -0.05) is 19.3 Å². The molecule has 0 radical (unpaired) electrons. The summed E-state index contributed by atoms with van der Waals surface area (Å²) in [5, 5.41) is 0. The summed E-state index contributed by atoms with van der Waals surface area (Å²) in [5.41, 5.74) is 0. The first kappa shape index (κ1) is 9.07. The number of hydrogen-bond donors (Lipinski definition) is 0. The Morgan fingerprint density at radius 2 is 2.15 bits per heavy atom. The molecule has 0 bridgehead atoms. The highest BCUT2D eigenvalue weighted by atomic mass is 35.5. The number of hydrogen-bond acceptors (Lipinski definition) is 2. The Balaban J connectivity index is 2.05. The topological polar surface area (TPSA) is 26.0 Å². The fourth-order valence-corrected chi connectivity index (χ4v) is 2.05. The molecule has 1 aliphatic rings. The first-order valence-electron chi connectivity index (χ1n) is 4.90. The molecule has 0 spiro atoms. The van der Waals surface area contributed by atoms with Gasteiger partial charge in [-0.2, -0.15) is 0 Å². The Morgan fingerprint density at radius 3 is 2.77 bits per heavy atom. The molecule has 1 heterocycles. The van der Waals surface area contributed by atoms with Gasteiger partial charge in [-0.15, -0.1) is 11.6 Å². The Labute approximate surface area is 83.3 Å². The Hall–Kier alpha value is -0.500. The first-order chi connectivity index (χ1) is 6.40. The van der Waals surface area contributed by atoms with Gasteiger partial charge in [-0.05, 0) is 12.8 Å². The minimum absolute atomic E-state index is 0.430. The number of aromatic nitrogens is 1. The third kappa shape index (κ3) is 2.05. The van der Waals surface area contributed by atoms with Crippen molar-refractivity contribution in [3.05, 3.63) is 17.8 Å². The van der Waals surface area contributed by atoms with Gasteiger partial charge in [0.05, 0.1) is 12.1 Å². The zero-order chi connectivity index (χ0) is 9.10. The maximum Gasteiger partial charge on any atom is 0.197 e. The molecule has 13 heavy (non-hydrogen) atoms. The maximum absolute atomic E-state index is 5.65. The molecule has 3 heteroatoms. The first-order valence-corrected chi connectivity index (χ1v) is 5.44. The van der Waals surface area contributed by atoms with Crippen molar-refractivity contribution in [1.82, 2.24) is 4.98 Å². The maximum atomic E-state index is 5.65. The van der Waals surface area contributed by atoms with Crippen LogP contribution in [0.25, 0.3) is 0 Å². The Kier molecular flexibility index (Phi) is 2.89. The molecule has 0 atom stereocenters. The predicted octanol–water partition coefficient (Wildman–Crippen LogP) is 3.46. The highest BCUT2D eigenvalue weighted by molar-refractivity contribution is 6.16. The summed E-state index contributed by atoms with van der Waals surface area (Å²) < 4.78 is 5.53. The fraction of sp³-hybridized carbons (Fsp3) is 0.700. The predicted molar refractivity (Wildman–Crippen MR) is 51.9 cm³/mol. The average Bonchev–Trinajstić information content (AvgIpc) is 2.67. The highest BCUT2D eigenvalue weighted by Gasteiger charge is 2.19. The van der Waals surface area contributed by atoms with E-state index in [-0.39, 0.29) is 0 Å². The van der Waals surface area contributed by atoms with Crippen molar-refractivity contribution in [3.8, 4) is 0 Å². The third-order valence-corrected chi connectivity index (χ3v) is 2.92. The number of oxazole rings is 1. The minimum atomic E-state index is 0.430. The summed E-state index contributed by atoms with van der Waals surface area (Å²) in [6.07, 6.45) is 8.17. The molecule has 0 aliphatic heterocycles. The number of alkyl halides is 1. The van der Waals surface area contributed by atoms with Crippen LogP contribution >= 0.6 is 11.6 Å². The zero-order valence-corrected chi connectivity index (χ0v) is 8.39. The summed E-state index contributed by atoms with van der Waals surface area (Å²) in [7, 11) is 0. The standard InChI is InChI=1S/C10H14ClNO/c11-6-9-7-12-10(13-9)8-4-2-1-3-5-8/h7-8H,1-6H2. The van der Waals surface area contributed by atoms with Gasteiger partial charge in [0, 0.05) is 5.92 Å². The molecule has 2 rings (SSSR count). The van der Waals surface area contributed by atoms with Crippen LogP contribution < -0.4 is 0 Å². The third-order valence-electron chi connectivity index (χ3n) is 2.66. The van der Waals surface area contributed by atoms with E-state index < -0.39 is 0 Å². The smallest absolute Gasteiger partial charge is 0.197 e. The van der Waals surface area contributed by atoms with Crippen molar-refractivity contribution in [2.24, 2.45) is 0 Å². The minimum Gasteiger partial charge on any atom is -0.444 e. The van der Waals surface area contributed by atoms with Gasteiger partial charge in [0.1, 0.15) is 5.76 Å². The number of rotatable bonds is 2. The molecule has 0 saturated heterocycles. The molecule has 0 unspecified atom stereocenters. The average molecular weight is 200 g/mol. The van der Waals surface area contributed by atoms with Crippen LogP contribution in [0, 0.1) is 0 Å². The van der Waals surface area contributed by atoms with Crippen LogP contribution in [-0.4, -0.2) is 4.98 Å². The highest BCUT2D eigenvalue weighted by Crippen LogP contribution is 2.32. The van der Waals surface area contributed by atoms with Crippen molar-refractivity contribution in [2.75, 3.05) is 0 Å². The summed E-state index contributed by atoms with van der Waals surface area (Å²) in [6, 6.07) is 0. The lowest BCUT2D eigenvalue weighted by atomic mass is 9.89. The Morgan fingerprint density at radius 1 is 1.38 bits per heavy atom. The molecule has 72 valence electrons. The molecule has 1 fully saturated rings. The van der Waals surface area contributed by atoms with Gasteiger partial charge < -0.3 is 4.42 Å². The molecular weight excluding hydrogens is 186 g/mol. The normalized spacial score (nSPS) is 19.2. The van der Waals surface area contributed by atoms with Gasteiger partial charge in [0.15, 0.2) is 5.89 Å². The van der Waals surface area contributed by atoms with Crippen LogP contribution in [0.4, 0.5) is 0 Å². The number of nitrogens with zero attached hydrogens (tertiary/aromatic N) is 1. The summed E-state index contributed by atoms with van der Waals surface area (Å²) >= 11 is 5.65. The lowest BCUT2D eigenvalue weighted by molar-refractivity contribution is 0.355. The van der Waals surface area contributed by atoms with Crippen molar-refractivity contribution in [3.63, 3.8) is 0 Å². The second kappa shape index (κ2) is 4.14. The van der Waals surface area contributed by atoms with Crippen molar-refractivity contribution in [1.29, 1.82) is 0 Å². The van der Waals surface area contributed by atoms with Crippen molar-refractivity contribution < 1.29 is 4.42 Å². The SMILES string of the molecule is ClCc1cnc(C2CCCCC2)o1. The summed E-state index contributed by atoms with van der Waals surface area (Å²) in [6.45, 7) is 0. The van der Waals surface area contributed by atoms with E-state index in [0.717, 1.165) is 11.7 Å².